The van der Waals surface area contributed by atoms with Crippen molar-refractivity contribution in [3.05, 3.63) is 47.5 Å². The van der Waals surface area contributed by atoms with Crippen LogP contribution < -0.4 is 4.72 Å². The number of aryl methyl sites for hydroxylation is 2. The Labute approximate surface area is 126 Å². The predicted molar refractivity (Wildman–Crippen MR) is 78.9 cm³/mol. The fourth-order valence-corrected chi connectivity index (χ4v) is 3.58. The van der Waals surface area contributed by atoms with Crippen molar-refractivity contribution in [2.75, 3.05) is 0 Å². The Morgan fingerprint density at radius 1 is 1.27 bits per heavy atom. The molecular weight excluding hydrogens is 306 g/mol. The maximum atomic E-state index is 12.3. The lowest BCUT2D eigenvalue weighted by Gasteiger charge is -2.04. The molecule has 2 N–H and O–H groups in total. The molecule has 0 fully saturated rings. The highest BCUT2D eigenvalue weighted by atomic mass is 32.2. The van der Waals surface area contributed by atoms with E-state index in [4.69, 9.17) is 4.52 Å². The van der Waals surface area contributed by atoms with E-state index in [0.29, 0.717) is 0 Å². The molecule has 2 heterocycles. The van der Waals surface area contributed by atoms with Crippen molar-refractivity contribution in [2.24, 2.45) is 0 Å². The fraction of sp³-hybridized carbons (Fsp3) is 0.143. The van der Waals surface area contributed by atoms with E-state index in [9.17, 15) is 13.2 Å². The van der Waals surface area contributed by atoms with E-state index in [1.54, 1.807) is 12.1 Å². The molecule has 0 atom stereocenters. The summed E-state index contributed by atoms with van der Waals surface area (Å²) in [7, 11) is -4.04. The van der Waals surface area contributed by atoms with Crippen LogP contribution >= 0.6 is 0 Å². The topological polar surface area (TPSA) is 105 Å². The van der Waals surface area contributed by atoms with Crippen molar-refractivity contribution in [3.63, 3.8) is 0 Å². The third kappa shape index (κ3) is 2.37. The quantitative estimate of drug-likeness (QED) is 0.767. The van der Waals surface area contributed by atoms with Crippen LogP contribution in [0.1, 0.15) is 21.9 Å². The van der Waals surface area contributed by atoms with Crippen LogP contribution in [-0.4, -0.2) is 24.5 Å². The number of aromatic amines is 1. The van der Waals surface area contributed by atoms with Crippen LogP contribution in [0.15, 0.2) is 39.8 Å². The zero-order valence-corrected chi connectivity index (χ0v) is 12.7. The average molecular weight is 319 g/mol. The Kier molecular flexibility index (Phi) is 3.25. The SMILES string of the molecule is Cc1noc(C)c1S(=O)(=O)NC(=O)c1cc2ccccc2[nH]1. The summed E-state index contributed by atoms with van der Waals surface area (Å²) >= 11 is 0. The van der Waals surface area contributed by atoms with Gasteiger partial charge >= 0.3 is 0 Å². The zero-order valence-electron chi connectivity index (χ0n) is 11.9. The second-order valence-electron chi connectivity index (χ2n) is 4.86. The molecule has 8 heteroatoms. The number of carbonyl (C=O) groups is 1. The highest BCUT2D eigenvalue weighted by Crippen LogP contribution is 2.19. The van der Waals surface area contributed by atoms with E-state index in [1.807, 2.05) is 22.9 Å². The molecule has 0 aliphatic rings. The largest absolute Gasteiger partial charge is 0.360 e. The van der Waals surface area contributed by atoms with Gasteiger partial charge in [0.1, 0.15) is 11.4 Å². The summed E-state index contributed by atoms with van der Waals surface area (Å²) in [4.78, 5) is 14.9. The normalized spacial score (nSPS) is 11.7. The molecule has 0 unspecified atom stereocenters. The van der Waals surface area contributed by atoms with E-state index in [0.717, 1.165) is 10.9 Å². The highest BCUT2D eigenvalue weighted by Gasteiger charge is 2.27. The summed E-state index contributed by atoms with van der Waals surface area (Å²) in [5.74, 6) is -0.606. The van der Waals surface area contributed by atoms with Crippen molar-refractivity contribution >= 4 is 26.8 Å². The lowest BCUT2D eigenvalue weighted by molar-refractivity contribution is 0.0977. The fourth-order valence-electron chi connectivity index (χ4n) is 2.28. The maximum Gasteiger partial charge on any atom is 0.281 e. The van der Waals surface area contributed by atoms with Gasteiger partial charge in [0.05, 0.1) is 0 Å². The van der Waals surface area contributed by atoms with Gasteiger partial charge in [0.2, 0.25) is 0 Å². The number of nitrogens with one attached hydrogen (secondary N) is 2. The molecule has 3 rings (SSSR count). The molecule has 7 nitrogen and oxygen atoms in total. The van der Waals surface area contributed by atoms with Gasteiger partial charge in [0.25, 0.3) is 15.9 Å². The monoisotopic (exact) mass is 319 g/mol. The second kappa shape index (κ2) is 4.99. The van der Waals surface area contributed by atoms with Crippen molar-refractivity contribution in [1.82, 2.24) is 14.9 Å². The minimum absolute atomic E-state index is 0.114. The highest BCUT2D eigenvalue weighted by molar-refractivity contribution is 7.90. The van der Waals surface area contributed by atoms with Crippen LogP contribution in [0.4, 0.5) is 0 Å². The molecule has 2 aromatic heterocycles. The number of hydrogen-bond donors (Lipinski definition) is 2. The standard InChI is InChI=1S/C14H13N3O4S/c1-8-13(9(2)21-16-8)22(19,20)17-14(18)12-7-10-5-3-4-6-11(10)15-12/h3-7,15H,1-2H3,(H,17,18). The van der Waals surface area contributed by atoms with Gasteiger partial charge in [-0.2, -0.15) is 0 Å². The van der Waals surface area contributed by atoms with Crippen LogP contribution in [0.3, 0.4) is 0 Å². The number of fused-ring (bicyclic) bond motifs is 1. The summed E-state index contributed by atoms with van der Waals surface area (Å²) in [6.45, 7) is 2.97. The van der Waals surface area contributed by atoms with Crippen molar-refractivity contribution in [1.29, 1.82) is 0 Å². The third-order valence-electron chi connectivity index (χ3n) is 3.24. The number of amides is 1. The number of H-pyrrole nitrogens is 1. The summed E-state index contributed by atoms with van der Waals surface area (Å²) in [6.07, 6.45) is 0. The molecule has 0 aliphatic carbocycles. The molecule has 0 radical (unpaired) electrons. The van der Waals surface area contributed by atoms with E-state index in [1.165, 1.54) is 13.8 Å². The van der Waals surface area contributed by atoms with Gasteiger partial charge in [0.15, 0.2) is 10.7 Å². The first kappa shape index (κ1) is 14.3. The minimum atomic E-state index is -4.04. The number of para-hydroxylation sites is 1. The van der Waals surface area contributed by atoms with Crippen molar-refractivity contribution in [2.45, 2.75) is 18.7 Å². The molecular formula is C14H13N3O4S. The Bertz CT molecular complexity index is 917. The maximum absolute atomic E-state index is 12.3. The summed E-state index contributed by atoms with van der Waals surface area (Å²) in [6, 6.07) is 8.87. The first-order valence-corrected chi connectivity index (χ1v) is 7.94. The molecule has 1 amide bonds. The Morgan fingerprint density at radius 3 is 2.64 bits per heavy atom. The Hall–Kier alpha value is -2.61. The molecule has 3 aromatic rings. The third-order valence-corrected chi connectivity index (χ3v) is 4.81. The molecule has 0 spiro atoms. The van der Waals surface area contributed by atoms with Gasteiger partial charge in [-0.25, -0.2) is 13.1 Å². The van der Waals surface area contributed by atoms with Gasteiger partial charge in [-0.3, -0.25) is 4.79 Å². The van der Waals surface area contributed by atoms with Crippen molar-refractivity contribution in [3.8, 4) is 0 Å². The molecule has 0 saturated carbocycles. The van der Waals surface area contributed by atoms with Gasteiger partial charge < -0.3 is 9.51 Å². The number of rotatable bonds is 3. The molecule has 22 heavy (non-hydrogen) atoms. The summed E-state index contributed by atoms with van der Waals surface area (Å²) < 4.78 is 31.4. The number of carbonyl (C=O) groups excluding carboxylic acids is 1. The van der Waals surface area contributed by atoms with Gasteiger partial charge in [-0.1, -0.05) is 23.4 Å². The van der Waals surface area contributed by atoms with Crippen LogP contribution in [-0.2, 0) is 10.0 Å². The predicted octanol–water partition coefficient (Wildman–Crippen LogP) is 1.89. The number of sulfonamides is 1. The van der Waals surface area contributed by atoms with Gasteiger partial charge in [0, 0.05) is 10.9 Å². The molecule has 1 aromatic carbocycles. The first-order valence-electron chi connectivity index (χ1n) is 6.46. The molecule has 0 bridgehead atoms. The van der Waals surface area contributed by atoms with Gasteiger partial charge in [-0.15, -0.1) is 0 Å². The molecule has 0 saturated heterocycles. The van der Waals surface area contributed by atoms with Crippen molar-refractivity contribution < 1.29 is 17.7 Å². The van der Waals surface area contributed by atoms with E-state index >= 15 is 0 Å². The molecule has 114 valence electrons. The minimum Gasteiger partial charge on any atom is -0.360 e. The lowest BCUT2D eigenvalue weighted by atomic mass is 10.2. The number of aromatic nitrogens is 2. The van der Waals surface area contributed by atoms with E-state index < -0.39 is 15.9 Å². The zero-order chi connectivity index (χ0) is 15.9. The summed E-state index contributed by atoms with van der Waals surface area (Å²) in [5, 5.41) is 4.41. The summed E-state index contributed by atoms with van der Waals surface area (Å²) in [5.41, 5.74) is 1.12. The average Bonchev–Trinajstić information content (AvgIpc) is 3.02. The Balaban J connectivity index is 1.93. The van der Waals surface area contributed by atoms with E-state index in [-0.39, 0.29) is 22.0 Å². The Morgan fingerprint density at radius 2 is 2.00 bits per heavy atom. The smallest absolute Gasteiger partial charge is 0.281 e. The molecule has 0 aliphatic heterocycles. The van der Waals surface area contributed by atoms with Crippen LogP contribution in [0.25, 0.3) is 10.9 Å². The second-order valence-corrected chi connectivity index (χ2v) is 6.48. The van der Waals surface area contributed by atoms with Crippen LogP contribution in [0.5, 0.6) is 0 Å². The van der Waals surface area contributed by atoms with Gasteiger partial charge in [-0.05, 0) is 26.0 Å². The van der Waals surface area contributed by atoms with E-state index in [2.05, 4.69) is 10.1 Å². The van der Waals surface area contributed by atoms with Crippen LogP contribution in [0, 0.1) is 13.8 Å². The first-order chi connectivity index (χ1) is 10.4. The lowest BCUT2D eigenvalue weighted by Crippen LogP contribution is -2.31. The number of benzene rings is 1. The van der Waals surface area contributed by atoms with Crippen LogP contribution in [0.2, 0.25) is 0 Å². The number of hydrogen-bond acceptors (Lipinski definition) is 5. The number of nitrogens with zero attached hydrogens (tertiary/aromatic N) is 1.